The van der Waals surface area contributed by atoms with Crippen molar-refractivity contribution in [1.29, 1.82) is 0 Å². The Balaban J connectivity index is 1.16. The van der Waals surface area contributed by atoms with Gasteiger partial charge in [-0.15, -0.1) is 11.3 Å². The maximum atomic E-state index is 6.76. The van der Waals surface area contributed by atoms with Crippen molar-refractivity contribution >= 4 is 70.4 Å². The molecule has 4 heteroatoms. The lowest BCUT2D eigenvalue weighted by Gasteiger charge is -2.27. The molecular weight excluding hydrogens is 725 g/mol. The van der Waals surface area contributed by atoms with Gasteiger partial charge < -0.3 is 9.32 Å². The number of nitrogens with zero attached hydrogens (tertiary/aromatic N) is 2. The van der Waals surface area contributed by atoms with Crippen molar-refractivity contribution in [3.63, 3.8) is 0 Å². The summed E-state index contributed by atoms with van der Waals surface area (Å²) in [5.74, 6) is 0.489. The van der Waals surface area contributed by atoms with Crippen molar-refractivity contribution in [2.24, 2.45) is 0 Å². The number of rotatable bonds is 8. The maximum absolute atomic E-state index is 6.76. The normalized spacial score (nSPS) is 12.1. The molecule has 0 N–H and O–H groups in total. The van der Waals surface area contributed by atoms with Gasteiger partial charge >= 0.3 is 0 Å². The minimum absolute atomic E-state index is 0.125. The van der Waals surface area contributed by atoms with E-state index in [2.05, 4.69) is 199 Å². The molecule has 0 saturated heterocycles. The zero-order valence-electron chi connectivity index (χ0n) is 31.5. The summed E-state index contributed by atoms with van der Waals surface area (Å²) in [6.07, 6.45) is 0. The molecule has 0 amide bonds. The first kappa shape index (κ1) is 34.0. The lowest BCUT2D eigenvalue weighted by molar-refractivity contribution is 0.620. The second kappa shape index (κ2) is 14.3. The molecule has 0 aliphatic carbocycles. The number of hydrogen-bond acceptors (Lipinski definition) is 4. The van der Waals surface area contributed by atoms with Crippen molar-refractivity contribution in [3.8, 4) is 22.6 Å². The third-order valence-electron chi connectivity index (χ3n) is 11.2. The summed E-state index contributed by atoms with van der Waals surface area (Å²) in [6, 6.07) is 75.7. The summed E-state index contributed by atoms with van der Waals surface area (Å²) in [4.78, 5) is 7.67. The van der Waals surface area contributed by atoms with Crippen LogP contribution in [0.2, 0.25) is 0 Å². The Kier molecular flexibility index (Phi) is 8.41. The Bertz CT molecular complexity index is 3210. The number of hydrogen-bond donors (Lipinski definition) is 0. The largest absolute Gasteiger partial charge is 0.436 e. The Morgan fingerprint density at radius 3 is 1.83 bits per heavy atom. The smallest absolute Gasteiger partial charge is 0.227 e. The van der Waals surface area contributed by atoms with Gasteiger partial charge in [0.25, 0.3) is 0 Å². The molecule has 0 spiro atoms. The van der Waals surface area contributed by atoms with E-state index in [9.17, 15) is 0 Å². The Morgan fingerprint density at radius 2 is 1.07 bits per heavy atom. The molecule has 0 saturated carbocycles. The van der Waals surface area contributed by atoms with Crippen LogP contribution in [0.25, 0.3) is 64.6 Å². The fourth-order valence-electron chi connectivity index (χ4n) is 8.54. The van der Waals surface area contributed by atoms with Crippen LogP contribution in [0.5, 0.6) is 0 Å². The van der Waals surface area contributed by atoms with Crippen LogP contribution in [0.4, 0.5) is 17.1 Å². The summed E-state index contributed by atoms with van der Waals surface area (Å²) in [6.45, 7) is 0. The predicted octanol–water partition coefficient (Wildman–Crippen LogP) is 15.3. The molecule has 11 rings (SSSR count). The van der Waals surface area contributed by atoms with Gasteiger partial charge in [-0.2, -0.15) is 0 Å². The first-order valence-corrected chi connectivity index (χ1v) is 20.5. The van der Waals surface area contributed by atoms with E-state index < -0.39 is 0 Å². The molecule has 3 nitrogen and oxygen atoms in total. The van der Waals surface area contributed by atoms with Gasteiger partial charge in [-0.25, -0.2) is 4.98 Å². The molecule has 0 aliphatic rings. The monoisotopic (exact) mass is 760 g/mol. The molecule has 58 heavy (non-hydrogen) atoms. The summed E-state index contributed by atoms with van der Waals surface area (Å²) in [5, 5.41) is 4.79. The fourth-order valence-corrected chi connectivity index (χ4v) is 9.79. The topological polar surface area (TPSA) is 29.3 Å². The summed E-state index contributed by atoms with van der Waals surface area (Å²) < 4.78 is 9.34. The van der Waals surface area contributed by atoms with E-state index in [-0.39, 0.29) is 5.92 Å². The third kappa shape index (κ3) is 5.94. The van der Waals surface area contributed by atoms with Crippen LogP contribution in [-0.2, 0) is 0 Å². The minimum atomic E-state index is -0.125. The molecule has 274 valence electrons. The quantitative estimate of drug-likeness (QED) is 0.144. The van der Waals surface area contributed by atoms with Gasteiger partial charge in [0.2, 0.25) is 5.89 Å². The Labute approximate surface area is 340 Å². The van der Waals surface area contributed by atoms with E-state index >= 15 is 0 Å². The molecule has 1 unspecified atom stereocenters. The first-order chi connectivity index (χ1) is 28.8. The second-order valence-electron chi connectivity index (χ2n) is 14.7. The van der Waals surface area contributed by atoms with Crippen LogP contribution in [0.3, 0.4) is 0 Å². The minimum Gasteiger partial charge on any atom is -0.436 e. The third-order valence-corrected chi connectivity index (χ3v) is 12.4. The van der Waals surface area contributed by atoms with Crippen molar-refractivity contribution in [2.75, 3.05) is 4.90 Å². The van der Waals surface area contributed by atoms with Crippen LogP contribution >= 0.6 is 11.3 Å². The molecule has 11 aromatic rings. The van der Waals surface area contributed by atoms with E-state index in [1.807, 2.05) is 29.5 Å². The summed E-state index contributed by atoms with van der Waals surface area (Å²) in [7, 11) is 0. The molecule has 0 bridgehead atoms. The van der Waals surface area contributed by atoms with Gasteiger partial charge in [-0.1, -0.05) is 152 Å². The van der Waals surface area contributed by atoms with Crippen molar-refractivity contribution in [1.82, 2.24) is 4.98 Å². The van der Waals surface area contributed by atoms with Gasteiger partial charge in [0.05, 0.1) is 0 Å². The zero-order valence-corrected chi connectivity index (χ0v) is 32.3. The van der Waals surface area contributed by atoms with E-state index in [1.165, 1.54) is 42.4 Å². The zero-order chi connectivity index (χ0) is 38.4. The molecule has 0 aliphatic heterocycles. The van der Waals surface area contributed by atoms with E-state index in [1.54, 1.807) is 0 Å². The van der Waals surface area contributed by atoms with E-state index in [0.717, 1.165) is 50.1 Å². The van der Waals surface area contributed by atoms with Crippen LogP contribution in [-0.4, -0.2) is 4.98 Å². The number of benzene rings is 9. The van der Waals surface area contributed by atoms with Gasteiger partial charge in [0, 0.05) is 54.3 Å². The van der Waals surface area contributed by atoms with Crippen LogP contribution < -0.4 is 4.90 Å². The number of oxazole rings is 1. The molecule has 2 aromatic heterocycles. The Morgan fingerprint density at radius 1 is 0.466 bits per heavy atom. The standard InChI is InChI=1S/C54H36N2OS/c1-5-16-36(17-6-1)37-28-30-42(31-29-37)56(41-22-11-4-12-23-41)43-32-33-44-40(34-43)35-48-52(55-54(57-48)39-20-9-3-10-21-39)51(44)50(38-18-7-2-8-19-38)47-26-15-25-46-45-24-13-14-27-49(45)58-53(46)47/h1-35,50H. The number of thiophene rings is 1. The highest BCUT2D eigenvalue weighted by atomic mass is 32.1. The highest BCUT2D eigenvalue weighted by molar-refractivity contribution is 7.26. The highest BCUT2D eigenvalue weighted by Gasteiger charge is 2.28. The van der Waals surface area contributed by atoms with Crippen molar-refractivity contribution in [3.05, 3.63) is 229 Å². The first-order valence-electron chi connectivity index (χ1n) is 19.7. The fraction of sp³-hybridized carbons (Fsp3) is 0.0185. The predicted molar refractivity (Wildman–Crippen MR) is 244 cm³/mol. The average molecular weight is 761 g/mol. The lowest BCUT2D eigenvalue weighted by atomic mass is 9.81. The SMILES string of the molecule is c1ccc(-c2ccc(N(c3ccccc3)c3ccc4c(C(c5ccccc5)c5cccc6c5sc5ccccc56)c5nc(-c6ccccc6)oc5cc4c3)cc2)cc1. The van der Waals surface area contributed by atoms with Gasteiger partial charge in [-0.3, -0.25) is 0 Å². The van der Waals surface area contributed by atoms with Gasteiger partial charge in [-0.05, 0) is 93.7 Å². The number of anilines is 3. The summed E-state index contributed by atoms with van der Waals surface area (Å²) in [5.41, 5.74) is 11.8. The molecule has 0 radical (unpaired) electrons. The van der Waals surface area contributed by atoms with Crippen LogP contribution in [0, 0.1) is 0 Å². The molecule has 0 fully saturated rings. The van der Waals surface area contributed by atoms with Crippen LogP contribution in [0.1, 0.15) is 22.6 Å². The van der Waals surface area contributed by atoms with Crippen LogP contribution in [0.15, 0.2) is 217 Å². The second-order valence-corrected chi connectivity index (χ2v) is 15.7. The molecule has 2 heterocycles. The molecule has 9 aromatic carbocycles. The van der Waals surface area contributed by atoms with Gasteiger partial charge in [0.1, 0.15) is 5.52 Å². The molecular formula is C54H36N2OS. The number of fused-ring (bicyclic) bond motifs is 5. The average Bonchev–Trinajstić information content (AvgIpc) is 3.90. The van der Waals surface area contributed by atoms with E-state index in [0.29, 0.717) is 5.89 Å². The van der Waals surface area contributed by atoms with Crippen molar-refractivity contribution < 1.29 is 4.42 Å². The number of para-hydroxylation sites is 1. The van der Waals surface area contributed by atoms with Gasteiger partial charge in [0.15, 0.2) is 5.58 Å². The van der Waals surface area contributed by atoms with Crippen molar-refractivity contribution in [2.45, 2.75) is 5.92 Å². The highest BCUT2D eigenvalue weighted by Crippen LogP contribution is 2.47. The van der Waals surface area contributed by atoms with E-state index in [4.69, 9.17) is 9.40 Å². The Hall–Kier alpha value is -7.27. The lowest BCUT2D eigenvalue weighted by Crippen LogP contribution is -2.10. The maximum Gasteiger partial charge on any atom is 0.227 e. The summed E-state index contributed by atoms with van der Waals surface area (Å²) >= 11 is 1.87. The molecule has 1 atom stereocenters. The number of aromatic nitrogens is 1.